The van der Waals surface area contributed by atoms with E-state index < -0.39 is 0 Å². The molecular weight excluding hydrogens is 220 g/mol. The Labute approximate surface area is 97.3 Å². The van der Waals surface area contributed by atoms with Crippen LogP contribution in [0.1, 0.15) is 6.42 Å². The summed E-state index contributed by atoms with van der Waals surface area (Å²) >= 11 is 0. The molecule has 0 rings (SSSR count). The van der Waals surface area contributed by atoms with Gasteiger partial charge in [0.05, 0.1) is 13.2 Å². The van der Waals surface area contributed by atoms with Crippen molar-refractivity contribution in [1.29, 1.82) is 0 Å². The molecule has 15 heavy (non-hydrogen) atoms. The minimum Gasteiger partial charge on any atom is -0.383 e. The zero-order valence-corrected chi connectivity index (χ0v) is 10.4. The molecule has 0 fully saturated rings. The van der Waals surface area contributed by atoms with E-state index in [1.165, 1.54) is 0 Å². The molecule has 0 saturated carbocycles. The van der Waals surface area contributed by atoms with Crippen molar-refractivity contribution in [3.05, 3.63) is 0 Å². The van der Waals surface area contributed by atoms with Crippen LogP contribution in [0.5, 0.6) is 0 Å². The first-order chi connectivity index (χ1) is 6.74. The number of hydrogen-bond donors (Lipinski definition) is 2. The molecule has 0 radical (unpaired) electrons. The Morgan fingerprint density at radius 1 is 1.33 bits per heavy atom. The first-order valence-electron chi connectivity index (χ1n) is 4.66. The number of halogens is 1. The molecule has 92 valence electrons. The van der Waals surface area contributed by atoms with Gasteiger partial charge in [0.15, 0.2) is 0 Å². The Balaban J connectivity index is 0. The minimum absolute atomic E-state index is 0. The molecule has 2 N–H and O–H groups in total. The van der Waals surface area contributed by atoms with Gasteiger partial charge in [-0.2, -0.15) is 0 Å². The molecule has 0 bridgehead atoms. The van der Waals surface area contributed by atoms with Crippen molar-refractivity contribution < 1.29 is 14.3 Å². The average Bonchev–Trinajstić information content (AvgIpc) is 2.18. The molecule has 0 spiro atoms. The summed E-state index contributed by atoms with van der Waals surface area (Å²) in [5.41, 5.74) is 0. The van der Waals surface area contributed by atoms with Crippen LogP contribution in [0, 0.1) is 0 Å². The van der Waals surface area contributed by atoms with Crippen LogP contribution in [0.15, 0.2) is 0 Å². The molecule has 0 aromatic heterocycles. The summed E-state index contributed by atoms with van der Waals surface area (Å²) in [6, 6.07) is 0.0510. The SMILES string of the molecule is CNC(=O)CC(COC)NCCOC.Cl. The highest BCUT2D eigenvalue weighted by molar-refractivity contribution is 5.85. The summed E-state index contributed by atoms with van der Waals surface area (Å²) in [4.78, 5) is 11.1. The summed E-state index contributed by atoms with van der Waals surface area (Å²) in [6.45, 7) is 1.88. The number of rotatable bonds is 8. The van der Waals surface area contributed by atoms with E-state index in [9.17, 15) is 4.79 Å². The quantitative estimate of drug-likeness (QED) is 0.577. The second-order valence-electron chi connectivity index (χ2n) is 2.98. The minimum atomic E-state index is 0. The Morgan fingerprint density at radius 3 is 2.47 bits per heavy atom. The summed E-state index contributed by atoms with van der Waals surface area (Å²) < 4.78 is 9.89. The first kappa shape index (κ1) is 17.0. The summed E-state index contributed by atoms with van der Waals surface area (Å²) in [6.07, 6.45) is 0.425. The number of amides is 1. The lowest BCUT2D eigenvalue weighted by Crippen LogP contribution is -2.39. The highest BCUT2D eigenvalue weighted by Crippen LogP contribution is 1.92. The molecule has 1 atom stereocenters. The van der Waals surface area contributed by atoms with Crippen LogP contribution in [-0.2, 0) is 14.3 Å². The van der Waals surface area contributed by atoms with E-state index in [0.717, 1.165) is 6.54 Å². The van der Waals surface area contributed by atoms with E-state index in [1.54, 1.807) is 21.3 Å². The third-order valence-electron chi connectivity index (χ3n) is 1.82. The molecule has 0 aromatic rings. The number of carbonyl (C=O) groups is 1. The Bertz CT molecular complexity index is 158. The summed E-state index contributed by atoms with van der Waals surface area (Å²) in [5, 5.41) is 5.75. The van der Waals surface area contributed by atoms with Crippen molar-refractivity contribution in [2.45, 2.75) is 12.5 Å². The van der Waals surface area contributed by atoms with Crippen molar-refractivity contribution in [3.8, 4) is 0 Å². The Hall–Kier alpha value is -0.360. The van der Waals surface area contributed by atoms with E-state index in [-0.39, 0.29) is 24.4 Å². The fraction of sp³-hybridized carbons (Fsp3) is 0.889. The normalized spacial score (nSPS) is 11.7. The maximum absolute atomic E-state index is 11.1. The number of nitrogens with one attached hydrogen (secondary N) is 2. The van der Waals surface area contributed by atoms with Crippen LogP contribution in [-0.4, -0.2) is 53.0 Å². The van der Waals surface area contributed by atoms with Gasteiger partial charge in [-0.3, -0.25) is 4.79 Å². The highest BCUT2D eigenvalue weighted by Gasteiger charge is 2.11. The van der Waals surface area contributed by atoms with Gasteiger partial charge in [-0.15, -0.1) is 12.4 Å². The number of carbonyl (C=O) groups excluding carboxylic acids is 1. The van der Waals surface area contributed by atoms with Crippen LogP contribution in [0.3, 0.4) is 0 Å². The predicted molar refractivity (Wildman–Crippen MR) is 61.5 cm³/mol. The smallest absolute Gasteiger partial charge is 0.221 e. The molecule has 5 nitrogen and oxygen atoms in total. The molecule has 0 saturated heterocycles. The van der Waals surface area contributed by atoms with Crippen LogP contribution < -0.4 is 10.6 Å². The Kier molecular flexibility index (Phi) is 13.3. The topological polar surface area (TPSA) is 59.6 Å². The van der Waals surface area contributed by atoms with Crippen LogP contribution in [0.2, 0.25) is 0 Å². The van der Waals surface area contributed by atoms with Crippen molar-refractivity contribution in [1.82, 2.24) is 10.6 Å². The highest BCUT2D eigenvalue weighted by atomic mass is 35.5. The molecule has 0 aliphatic rings. The fourth-order valence-electron chi connectivity index (χ4n) is 1.08. The predicted octanol–water partition coefficient (Wildman–Crippen LogP) is -0.205. The van der Waals surface area contributed by atoms with Gasteiger partial charge in [0.25, 0.3) is 0 Å². The van der Waals surface area contributed by atoms with Gasteiger partial charge in [-0.25, -0.2) is 0 Å². The van der Waals surface area contributed by atoms with Crippen LogP contribution in [0.4, 0.5) is 0 Å². The maximum Gasteiger partial charge on any atom is 0.221 e. The Morgan fingerprint density at radius 2 is 2.00 bits per heavy atom. The van der Waals surface area contributed by atoms with Gasteiger partial charge in [0, 0.05) is 40.3 Å². The van der Waals surface area contributed by atoms with E-state index in [0.29, 0.717) is 19.6 Å². The third-order valence-corrected chi connectivity index (χ3v) is 1.82. The molecule has 0 heterocycles. The van der Waals surface area contributed by atoms with Gasteiger partial charge in [-0.1, -0.05) is 0 Å². The van der Waals surface area contributed by atoms with Crippen molar-refractivity contribution in [2.75, 3.05) is 41.0 Å². The molecule has 1 unspecified atom stereocenters. The van der Waals surface area contributed by atoms with Gasteiger partial charge < -0.3 is 20.1 Å². The fourth-order valence-corrected chi connectivity index (χ4v) is 1.08. The average molecular weight is 241 g/mol. The lowest BCUT2D eigenvalue weighted by molar-refractivity contribution is -0.121. The van der Waals surface area contributed by atoms with Crippen molar-refractivity contribution >= 4 is 18.3 Å². The molecule has 0 aromatic carbocycles. The van der Waals surface area contributed by atoms with Gasteiger partial charge >= 0.3 is 0 Å². The molecule has 6 heteroatoms. The second-order valence-corrected chi connectivity index (χ2v) is 2.98. The maximum atomic E-state index is 11.1. The molecule has 0 aliphatic heterocycles. The molecular formula is C9H21ClN2O3. The summed E-state index contributed by atoms with van der Waals surface area (Å²) in [7, 11) is 4.89. The van der Waals surface area contributed by atoms with Gasteiger partial charge in [-0.05, 0) is 0 Å². The van der Waals surface area contributed by atoms with E-state index in [1.807, 2.05) is 0 Å². The van der Waals surface area contributed by atoms with E-state index >= 15 is 0 Å². The van der Waals surface area contributed by atoms with Crippen molar-refractivity contribution in [2.24, 2.45) is 0 Å². The lowest BCUT2D eigenvalue weighted by Gasteiger charge is -2.16. The summed E-state index contributed by atoms with van der Waals surface area (Å²) in [5.74, 6) is 0.0111. The zero-order chi connectivity index (χ0) is 10.8. The molecule has 0 aliphatic carbocycles. The second kappa shape index (κ2) is 11.7. The van der Waals surface area contributed by atoms with E-state index in [4.69, 9.17) is 9.47 Å². The lowest BCUT2D eigenvalue weighted by atomic mass is 10.2. The monoisotopic (exact) mass is 240 g/mol. The number of methoxy groups -OCH3 is 2. The number of hydrogen-bond acceptors (Lipinski definition) is 4. The van der Waals surface area contributed by atoms with Crippen molar-refractivity contribution in [3.63, 3.8) is 0 Å². The zero-order valence-electron chi connectivity index (χ0n) is 9.54. The standard InChI is InChI=1S/C9H20N2O3.ClH/c1-10-9(12)6-8(7-14-3)11-4-5-13-2;/h8,11H,4-7H2,1-3H3,(H,10,12);1H. The molecule has 1 amide bonds. The number of ether oxygens (including phenoxy) is 2. The van der Waals surface area contributed by atoms with Gasteiger partial charge in [0.2, 0.25) is 5.91 Å². The van der Waals surface area contributed by atoms with Crippen LogP contribution >= 0.6 is 12.4 Å². The third kappa shape index (κ3) is 9.93. The largest absolute Gasteiger partial charge is 0.383 e. The first-order valence-corrected chi connectivity index (χ1v) is 4.66. The van der Waals surface area contributed by atoms with Gasteiger partial charge in [0.1, 0.15) is 0 Å². The van der Waals surface area contributed by atoms with E-state index in [2.05, 4.69) is 10.6 Å². The van der Waals surface area contributed by atoms with Crippen LogP contribution in [0.25, 0.3) is 0 Å².